The third kappa shape index (κ3) is 4.87. The van der Waals surface area contributed by atoms with Crippen LogP contribution in [0.5, 0.6) is 0 Å². The van der Waals surface area contributed by atoms with Gasteiger partial charge in [0, 0.05) is 23.7 Å². The highest BCUT2D eigenvalue weighted by Gasteiger charge is 2.17. The molecule has 1 aromatic carbocycles. The van der Waals surface area contributed by atoms with Gasteiger partial charge >= 0.3 is 6.03 Å². The van der Waals surface area contributed by atoms with Crippen LogP contribution in [0.3, 0.4) is 0 Å². The molecule has 0 heterocycles. The molecule has 7 nitrogen and oxygen atoms in total. The maximum Gasteiger partial charge on any atom is 0.321 e. The van der Waals surface area contributed by atoms with Gasteiger partial charge in [0.05, 0.1) is 4.92 Å². The summed E-state index contributed by atoms with van der Waals surface area (Å²) in [5.74, 6) is -0.405. The Kier molecular flexibility index (Phi) is 5.83. The number of nitrogens with zero attached hydrogens (tertiary/aromatic N) is 1. The maximum absolute atomic E-state index is 11.9. The van der Waals surface area contributed by atoms with Crippen molar-refractivity contribution in [3.8, 4) is 0 Å². The van der Waals surface area contributed by atoms with Crippen LogP contribution in [0.2, 0.25) is 0 Å². The first-order chi connectivity index (χ1) is 9.85. The van der Waals surface area contributed by atoms with Gasteiger partial charge in [-0.25, -0.2) is 4.79 Å². The van der Waals surface area contributed by atoms with Crippen LogP contribution in [-0.2, 0) is 6.42 Å². The van der Waals surface area contributed by atoms with Gasteiger partial charge in [0.25, 0.3) is 11.6 Å². The van der Waals surface area contributed by atoms with Crippen molar-refractivity contribution in [3.05, 3.63) is 39.4 Å². The van der Waals surface area contributed by atoms with E-state index in [0.29, 0.717) is 18.5 Å². The van der Waals surface area contributed by atoms with Crippen LogP contribution in [0.1, 0.15) is 36.7 Å². The topological polar surface area (TPSA) is 101 Å². The fraction of sp³-hybridized carbons (Fsp3) is 0.429. The molecule has 0 atom stereocenters. The zero-order valence-electron chi connectivity index (χ0n) is 12.3. The zero-order chi connectivity index (χ0) is 16.0. The Morgan fingerprint density at radius 3 is 2.52 bits per heavy atom. The van der Waals surface area contributed by atoms with E-state index in [1.807, 2.05) is 13.8 Å². The lowest BCUT2D eigenvalue weighted by molar-refractivity contribution is -0.385. The van der Waals surface area contributed by atoms with Crippen molar-refractivity contribution in [2.75, 3.05) is 6.54 Å². The number of carbonyl (C=O) groups excluding carboxylic acids is 2. The SMILES string of the molecule is CCc1ccc(C(=O)NC(=O)NCC(C)C)cc1[N+](=O)[O-]. The number of nitro groups is 1. The molecule has 0 unspecified atom stereocenters. The monoisotopic (exact) mass is 293 g/mol. The predicted molar refractivity (Wildman–Crippen MR) is 78.2 cm³/mol. The first-order valence-corrected chi connectivity index (χ1v) is 6.71. The summed E-state index contributed by atoms with van der Waals surface area (Å²) >= 11 is 0. The second kappa shape index (κ2) is 7.37. The second-order valence-corrected chi connectivity index (χ2v) is 5.01. The van der Waals surface area contributed by atoms with Gasteiger partial charge < -0.3 is 5.32 Å². The summed E-state index contributed by atoms with van der Waals surface area (Å²) in [5.41, 5.74) is 0.507. The van der Waals surface area contributed by atoms with E-state index in [4.69, 9.17) is 0 Å². The number of hydrogen-bond donors (Lipinski definition) is 2. The number of rotatable bonds is 5. The van der Waals surface area contributed by atoms with Crippen LogP contribution in [0.4, 0.5) is 10.5 Å². The van der Waals surface area contributed by atoms with Crippen molar-refractivity contribution in [1.82, 2.24) is 10.6 Å². The van der Waals surface area contributed by atoms with Crippen LogP contribution in [-0.4, -0.2) is 23.4 Å². The van der Waals surface area contributed by atoms with Gasteiger partial charge in [0.2, 0.25) is 0 Å². The lowest BCUT2D eigenvalue weighted by atomic mass is 10.1. The molecule has 0 fully saturated rings. The molecule has 2 N–H and O–H groups in total. The number of aryl methyl sites for hydroxylation is 1. The number of hydrogen-bond acceptors (Lipinski definition) is 4. The molecule has 3 amide bonds. The van der Waals surface area contributed by atoms with E-state index >= 15 is 0 Å². The second-order valence-electron chi connectivity index (χ2n) is 5.01. The molecule has 0 aliphatic carbocycles. The summed E-state index contributed by atoms with van der Waals surface area (Å²) in [6.45, 7) is 6.08. The number of amides is 3. The maximum atomic E-state index is 11.9. The first kappa shape index (κ1) is 16.6. The molecule has 7 heteroatoms. The Labute approximate surface area is 122 Å². The zero-order valence-corrected chi connectivity index (χ0v) is 12.3. The average molecular weight is 293 g/mol. The van der Waals surface area contributed by atoms with Crippen LogP contribution >= 0.6 is 0 Å². The minimum Gasteiger partial charge on any atom is -0.338 e. The normalized spacial score (nSPS) is 10.3. The Morgan fingerprint density at radius 1 is 1.33 bits per heavy atom. The van der Waals surface area contributed by atoms with Crippen molar-refractivity contribution in [1.29, 1.82) is 0 Å². The third-order valence-electron chi connectivity index (χ3n) is 2.82. The highest BCUT2D eigenvalue weighted by molar-refractivity contribution is 6.04. The number of carbonyl (C=O) groups is 2. The Bertz CT molecular complexity index is 555. The van der Waals surface area contributed by atoms with E-state index in [-0.39, 0.29) is 17.2 Å². The molecular formula is C14H19N3O4. The highest BCUT2D eigenvalue weighted by Crippen LogP contribution is 2.20. The van der Waals surface area contributed by atoms with E-state index in [1.165, 1.54) is 18.2 Å². The number of benzene rings is 1. The van der Waals surface area contributed by atoms with Crippen LogP contribution in [0, 0.1) is 16.0 Å². The molecule has 1 aromatic rings. The van der Waals surface area contributed by atoms with Crippen molar-refractivity contribution in [2.24, 2.45) is 5.92 Å². The van der Waals surface area contributed by atoms with E-state index in [2.05, 4.69) is 10.6 Å². The number of nitro benzene ring substituents is 1. The van der Waals surface area contributed by atoms with Crippen molar-refractivity contribution in [2.45, 2.75) is 27.2 Å². The molecule has 0 saturated carbocycles. The smallest absolute Gasteiger partial charge is 0.321 e. The fourth-order valence-electron chi connectivity index (χ4n) is 1.69. The van der Waals surface area contributed by atoms with Crippen LogP contribution in [0.25, 0.3) is 0 Å². The summed E-state index contributed by atoms with van der Waals surface area (Å²) in [5, 5.41) is 15.6. The minimum atomic E-state index is -0.665. The molecule has 0 spiro atoms. The van der Waals surface area contributed by atoms with E-state index < -0.39 is 16.9 Å². The van der Waals surface area contributed by atoms with Crippen molar-refractivity contribution < 1.29 is 14.5 Å². The van der Waals surface area contributed by atoms with Crippen LogP contribution in [0.15, 0.2) is 18.2 Å². The van der Waals surface area contributed by atoms with E-state index in [0.717, 1.165) is 0 Å². The lowest BCUT2D eigenvalue weighted by Crippen LogP contribution is -2.40. The van der Waals surface area contributed by atoms with Gasteiger partial charge in [-0.3, -0.25) is 20.2 Å². The molecule has 0 saturated heterocycles. The standard InChI is InChI=1S/C14H19N3O4/c1-4-10-5-6-11(7-12(10)17(20)21)13(18)16-14(19)15-8-9(2)3/h5-7,9H,4,8H2,1-3H3,(H2,15,16,18,19). The molecule has 114 valence electrons. The number of urea groups is 1. The van der Waals surface area contributed by atoms with E-state index in [1.54, 1.807) is 6.92 Å². The molecular weight excluding hydrogens is 274 g/mol. The third-order valence-corrected chi connectivity index (χ3v) is 2.82. The Balaban J connectivity index is 2.81. The largest absolute Gasteiger partial charge is 0.338 e. The molecule has 0 bridgehead atoms. The first-order valence-electron chi connectivity index (χ1n) is 6.71. The molecule has 0 aliphatic heterocycles. The van der Waals surface area contributed by atoms with E-state index in [9.17, 15) is 19.7 Å². The van der Waals surface area contributed by atoms with Crippen molar-refractivity contribution >= 4 is 17.6 Å². The number of imide groups is 1. The summed E-state index contributed by atoms with van der Waals surface area (Å²) in [6.07, 6.45) is 0.493. The molecule has 0 aliphatic rings. The summed E-state index contributed by atoms with van der Waals surface area (Å²) in [4.78, 5) is 33.8. The molecule has 0 radical (unpaired) electrons. The van der Waals surface area contributed by atoms with Gasteiger partial charge in [-0.15, -0.1) is 0 Å². The molecule has 1 rings (SSSR count). The Morgan fingerprint density at radius 2 is 2.00 bits per heavy atom. The van der Waals surface area contributed by atoms with Gasteiger partial charge in [-0.05, 0) is 18.4 Å². The summed E-state index contributed by atoms with van der Waals surface area (Å²) in [6, 6.07) is 3.57. The summed E-state index contributed by atoms with van der Waals surface area (Å²) < 4.78 is 0. The highest BCUT2D eigenvalue weighted by atomic mass is 16.6. The number of nitrogens with one attached hydrogen (secondary N) is 2. The van der Waals surface area contributed by atoms with Gasteiger partial charge in [-0.2, -0.15) is 0 Å². The predicted octanol–water partition coefficient (Wildman–Crippen LogP) is 2.25. The quantitative estimate of drug-likeness (QED) is 0.642. The Hall–Kier alpha value is -2.44. The van der Waals surface area contributed by atoms with Gasteiger partial charge in [-0.1, -0.05) is 26.8 Å². The minimum absolute atomic E-state index is 0.0820. The molecule has 0 aromatic heterocycles. The fourth-order valence-corrected chi connectivity index (χ4v) is 1.69. The summed E-state index contributed by atoms with van der Waals surface area (Å²) in [7, 11) is 0. The molecule has 21 heavy (non-hydrogen) atoms. The van der Waals surface area contributed by atoms with Crippen LogP contribution < -0.4 is 10.6 Å². The van der Waals surface area contributed by atoms with Crippen molar-refractivity contribution in [3.63, 3.8) is 0 Å². The van der Waals surface area contributed by atoms with Gasteiger partial charge in [0.15, 0.2) is 0 Å². The lowest BCUT2D eigenvalue weighted by Gasteiger charge is -2.09. The average Bonchev–Trinajstić information content (AvgIpc) is 2.44. The van der Waals surface area contributed by atoms with Gasteiger partial charge in [0.1, 0.15) is 0 Å².